The van der Waals surface area contributed by atoms with Gasteiger partial charge in [0.1, 0.15) is 12.6 Å². The predicted octanol–water partition coefficient (Wildman–Crippen LogP) is 4.17. The maximum atomic E-state index is 12.7. The van der Waals surface area contributed by atoms with Gasteiger partial charge in [-0.1, -0.05) is 12.1 Å². The number of carbonyl (C=O) groups excluding carboxylic acids is 3. The molecule has 178 valence electrons. The molecule has 0 unspecified atom stereocenters. The summed E-state index contributed by atoms with van der Waals surface area (Å²) >= 11 is 2.80. The van der Waals surface area contributed by atoms with Crippen molar-refractivity contribution in [2.75, 3.05) is 14.2 Å². The Labute approximate surface area is 213 Å². The fraction of sp³-hybridized carbons (Fsp3) is 0.217. The lowest BCUT2D eigenvalue weighted by molar-refractivity contribution is -0.148. The lowest BCUT2D eigenvalue weighted by atomic mass is 10.1. The molecule has 1 aliphatic heterocycles. The minimum atomic E-state index is -1.03. The van der Waals surface area contributed by atoms with Crippen molar-refractivity contribution in [1.82, 2.24) is 4.90 Å². The van der Waals surface area contributed by atoms with E-state index in [9.17, 15) is 19.2 Å². The third-order valence-corrected chi connectivity index (χ3v) is 6.54. The first kappa shape index (κ1) is 25.6. The smallest absolute Gasteiger partial charge is 0.335 e. The fourth-order valence-corrected chi connectivity index (χ4v) is 4.84. The van der Waals surface area contributed by atoms with E-state index in [0.717, 1.165) is 16.7 Å². The van der Waals surface area contributed by atoms with Gasteiger partial charge < -0.3 is 19.3 Å². The van der Waals surface area contributed by atoms with Crippen LogP contribution in [0.3, 0.4) is 0 Å². The highest BCUT2D eigenvalue weighted by molar-refractivity contribution is 14.1. The van der Waals surface area contributed by atoms with Crippen LogP contribution >= 0.6 is 34.4 Å². The van der Waals surface area contributed by atoms with Gasteiger partial charge in [0.05, 0.1) is 28.3 Å². The highest BCUT2D eigenvalue weighted by Gasteiger charge is 2.41. The molecule has 0 radical (unpaired) electrons. The second-order valence-electron chi connectivity index (χ2n) is 7.08. The lowest BCUT2D eigenvalue weighted by Gasteiger charge is -2.18. The van der Waals surface area contributed by atoms with Gasteiger partial charge in [0, 0.05) is 0 Å². The molecule has 0 bridgehead atoms. The average Bonchev–Trinajstić information content (AvgIpc) is 3.09. The summed E-state index contributed by atoms with van der Waals surface area (Å²) in [6, 6.07) is 8.80. The summed E-state index contributed by atoms with van der Waals surface area (Å²) < 4.78 is 16.7. The Morgan fingerprint density at radius 3 is 2.59 bits per heavy atom. The van der Waals surface area contributed by atoms with Crippen LogP contribution in [0.2, 0.25) is 0 Å². The number of nitrogens with zero attached hydrogens (tertiary/aromatic N) is 1. The first-order chi connectivity index (χ1) is 16.2. The molecule has 2 amide bonds. The Bertz CT molecular complexity index is 1200. The van der Waals surface area contributed by atoms with Gasteiger partial charge in [0.15, 0.2) is 11.5 Å². The monoisotopic (exact) mass is 597 g/mol. The number of hydrogen-bond donors (Lipinski definition) is 1. The van der Waals surface area contributed by atoms with Crippen molar-refractivity contribution in [2.24, 2.45) is 0 Å². The van der Waals surface area contributed by atoms with Gasteiger partial charge in [-0.3, -0.25) is 14.5 Å². The molecule has 0 spiro atoms. The molecule has 0 aromatic heterocycles. The van der Waals surface area contributed by atoms with Crippen LogP contribution in [0.15, 0.2) is 41.3 Å². The van der Waals surface area contributed by atoms with E-state index in [1.54, 1.807) is 30.3 Å². The Morgan fingerprint density at radius 2 is 1.94 bits per heavy atom. The van der Waals surface area contributed by atoms with Crippen LogP contribution in [-0.4, -0.2) is 53.4 Å². The Balaban J connectivity index is 1.83. The maximum Gasteiger partial charge on any atom is 0.335 e. The maximum absolute atomic E-state index is 12.7. The van der Waals surface area contributed by atoms with Gasteiger partial charge in [-0.15, -0.1) is 0 Å². The standard InChI is InChI=1S/C23H20INO8S/c1-12(22(29)32-3)25-20(26)18(34-23(25)30)10-14-8-16(24)19(17(9-14)31-2)33-11-13-5-4-6-15(7-13)21(27)28/h4-10,12H,11H2,1-3H3,(H,27,28)/b18-10+/t12-/m0/s1. The van der Waals surface area contributed by atoms with E-state index >= 15 is 0 Å². The summed E-state index contributed by atoms with van der Waals surface area (Å²) in [5, 5.41) is 8.59. The molecule has 2 aromatic carbocycles. The van der Waals surface area contributed by atoms with Gasteiger partial charge in [-0.05, 0) is 82.7 Å². The number of thioether (sulfide) groups is 1. The Hall–Kier alpha value is -3.06. The Kier molecular flexibility index (Phi) is 8.20. The first-order valence-corrected chi connectivity index (χ1v) is 11.7. The van der Waals surface area contributed by atoms with Gasteiger partial charge in [-0.2, -0.15) is 0 Å². The Morgan fingerprint density at radius 1 is 1.21 bits per heavy atom. The number of rotatable bonds is 8. The van der Waals surface area contributed by atoms with Crippen LogP contribution in [0.5, 0.6) is 11.5 Å². The van der Waals surface area contributed by atoms with Gasteiger partial charge in [0.2, 0.25) is 0 Å². The number of esters is 1. The molecular formula is C23H20INO8S. The van der Waals surface area contributed by atoms with Crippen LogP contribution in [0.4, 0.5) is 4.79 Å². The van der Waals surface area contributed by atoms with Crippen LogP contribution in [0.1, 0.15) is 28.4 Å². The fourth-order valence-electron chi connectivity index (χ4n) is 3.15. The summed E-state index contributed by atoms with van der Waals surface area (Å²) in [5.41, 5.74) is 1.43. The molecule has 1 fully saturated rings. The van der Waals surface area contributed by atoms with Gasteiger partial charge >= 0.3 is 11.9 Å². The van der Waals surface area contributed by atoms with Crippen molar-refractivity contribution >= 4 is 63.5 Å². The number of benzene rings is 2. The molecule has 2 aromatic rings. The van der Waals surface area contributed by atoms with Crippen molar-refractivity contribution in [2.45, 2.75) is 19.6 Å². The zero-order valence-electron chi connectivity index (χ0n) is 18.4. The molecule has 9 nitrogen and oxygen atoms in total. The molecule has 1 heterocycles. The van der Waals surface area contributed by atoms with E-state index in [1.807, 2.05) is 0 Å². The predicted molar refractivity (Wildman–Crippen MR) is 133 cm³/mol. The number of carboxylic acid groups (broad SMARTS) is 1. The van der Waals surface area contributed by atoms with Crippen molar-refractivity contribution in [3.05, 3.63) is 61.6 Å². The number of ether oxygens (including phenoxy) is 3. The van der Waals surface area contributed by atoms with E-state index < -0.39 is 29.1 Å². The van der Waals surface area contributed by atoms with Crippen LogP contribution in [0, 0.1) is 3.57 Å². The molecule has 11 heteroatoms. The summed E-state index contributed by atoms with van der Waals surface area (Å²) in [4.78, 5) is 49.0. The normalized spacial score (nSPS) is 15.4. The third-order valence-electron chi connectivity index (χ3n) is 4.86. The zero-order chi connectivity index (χ0) is 25.0. The molecule has 1 atom stereocenters. The molecule has 3 rings (SSSR count). The van der Waals surface area contributed by atoms with Crippen molar-refractivity contribution in [3.8, 4) is 11.5 Å². The summed E-state index contributed by atoms with van der Waals surface area (Å²) in [6.45, 7) is 1.55. The van der Waals surface area contributed by atoms with Crippen molar-refractivity contribution in [1.29, 1.82) is 0 Å². The molecule has 1 saturated heterocycles. The van der Waals surface area contributed by atoms with E-state index in [2.05, 4.69) is 27.3 Å². The number of aromatic carboxylic acids is 1. The molecular weight excluding hydrogens is 577 g/mol. The second-order valence-corrected chi connectivity index (χ2v) is 9.23. The number of amides is 2. The zero-order valence-corrected chi connectivity index (χ0v) is 21.3. The SMILES string of the molecule is COC(=O)[C@H](C)N1C(=O)S/C(=C/c2cc(I)c(OCc3cccc(C(=O)O)c3)c(OC)c2)C1=O. The average molecular weight is 597 g/mol. The molecule has 34 heavy (non-hydrogen) atoms. The first-order valence-electron chi connectivity index (χ1n) is 9.83. The number of carbonyl (C=O) groups is 4. The number of methoxy groups -OCH3 is 2. The number of imide groups is 1. The third kappa shape index (κ3) is 5.53. The van der Waals surface area contributed by atoms with Gasteiger partial charge in [-0.25, -0.2) is 9.59 Å². The number of carboxylic acids is 1. The summed E-state index contributed by atoms with van der Waals surface area (Å²) in [5.74, 6) is -1.44. The topological polar surface area (TPSA) is 119 Å². The molecule has 1 N–H and O–H groups in total. The lowest BCUT2D eigenvalue weighted by Crippen LogP contribution is -2.42. The van der Waals surface area contributed by atoms with E-state index in [0.29, 0.717) is 26.2 Å². The van der Waals surface area contributed by atoms with Crippen LogP contribution in [-0.2, 0) is 20.9 Å². The second kappa shape index (κ2) is 10.9. The number of hydrogen-bond acceptors (Lipinski definition) is 8. The highest BCUT2D eigenvalue weighted by atomic mass is 127. The quantitative estimate of drug-likeness (QED) is 0.272. The molecule has 0 aliphatic carbocycles. The van der Waals surface area contributed by atoms with E-state index in [4.69, 9.17) is 14.6 Å². The minimum absolute atomic E-state index is 0.122. The number of halogens is 1. The summed E-state index contributed by atoms with van der Waals surface area (Å²) in [6.07, 6.45) is 1.54. The van der Waals surface area contributed by atoms with Crippen molar-refractivity contribution < 1.29 is 38.5 Å². The largest absolute Gasteiger partial charge is 0.493 e. The van der Waals surface area contributed by atoms with Gasteiger partial charge in [0.25, 0.3) is 11.1 Å². The summed E-state index contributed by atoms with van der Waals surface area (Å²) in [7, 11) is 2.66. The van der Waals surface area contributed by atoms with Crippen LogP contribution in [0.25, 0.3) is 6.08 Å². The van der Waals surface area contributed by atoms with Crippen LogP contribution < -0.4 is 9.47 Å². The van der Waals surface area contributed by atoms with E-state index in [1.165, 1.54) is 33.3 Å². The van der Waals surface area contributed by atoms with E-state index in [-0.39, 0.29) is 17.1 Å². The minimum Gasteiger partial charge on any atom is -0.493 e. The van der Waals surface area contributed by atoms with Crippen molar-refractivity contribution in [3.63, 3.8) is 0 Å². The molecule has 1 aliphatic rings. The molecule has 0 saturated carbocycles. The highest BCUT2D eigenvalue weighted by Crippen LogP contribution is 2.38.